The van der Waals surface area contributed by atoms with Gasteiger partial charge in [-0.25, -0.2) is 8.42 Å². The van der Waals surface area contributed by atoms with Crippen molar-refractivity contribution in [1.29, 1.82) is 0 Å². The second-order valence-electron chi connectivity index (χ2n) is 4.21. The minimum atomic E-state index is -3.51. The van der Waals surface area contributed by atoms with Crippen molar-refractivity contribution in [3.63, 3.8) is 0 Å². The number of benzene rings is 2. The second kappa shape index (κ2) is 4.85. The Hall–Kier alpha value is -2.14. The number of carbonyl (C=O) groups excluding carboxylic acids is 1. The van der Waals surface area contributed by atoms with E-state index in [4.69, 9.17) is 5.73 Å². The maximum absolute atomic E-state index is 11.7. The number of hydrogen-bond donors (Lipinski definition) is 1. The highest BCUT2D eigenvalue weighted by atomic mass is 32.2. The van der Waals surface area contributed by atoms with Crippen molar-refractivity contribution < 1.29 is 13.2 Å². The van der Waals surface area contributed by atoms with E-state index in [2.05, 4.69) is 0 Å². The number of amides is 1. The van der Waals surface area contributed by atoms with E-state index in [0.717, 1.165) is 17.4 Å². The zero-order valence-electron chi connectivity index (χ0n) is 10.3. The Morgan fingerprint density at radius 1 is 1.00 bits per heavy atom. The van der Waals surface area contributed by atoms with Crippen LogP contribution in [0.3, 0.4) is 0 Å². The van der Waals surface area contributed by atoms with E-state index >= 15 is 0 Å². The first kappa shape index (κ1) is 13.3. The molecule has 1 amide bonds. The van der Waals surface area contributed by atoms with Crippen molar-refractivity contribution in [3.8, 4) is 11.1 Å². The number of sulfone groups is 1. The normalized spacial score (nSPS) is 11.2. The number of carbonyl (C=O) groups is 1. The predicted molar refractivity (Wildman–Crippen MR) is 73.5 cm³/mol. The van der Waals surface area contributed by atoms with Gasteiger partial charge in [0.05, 0.1) is 10.5 Å². The molecule has 2 aromatic carbocycles. The van der Waals surface area contributed by atoms with Gasteiger partial charge in [0.25, 0.3) is 0 Å². The molecule has 5 heteroatoms. The van der Waals surface area contributed by atoms with Crippen LogP contribution in [-0.2, 0) is 9.84 Å². The van der Waals surface area contributed by atoms with Gasteiger partial charge >= 0.3 is 0 Å². The summed E-state index contributed by atoms with van der Waals surface area (Å²) in [6, 6.07) is 13.9. The molecule has 0 aliphatic rings. The summed E-state index contributed by atoms with van der Waals surface area (Å²) in [5.74, 6) is -0.750. The smallest absolute Gasteiger partial charge is 0.250 e. The van der Waals surface area contributed by atoms with Crippen LogP contribution in [0.25, 0.3) is 11.1 Å². The number of hydrogen-bond acceptors (Lipinski definition) is 3. The standard InChI is InChI=1S/C14H13NO3S/c1-19(17,18)13-9-11(7-8-12(13)14(15)16)10-5-3-2-4-6-10/h2-9H,1H3,(H2,15,16). The van der Waals surface area contributed by atoms with Crippen molar-refractivity contribution in [2.75, 3.05) is 6.26 Å². The van der Waals surface area contributed by atoms with Crippen LogP contribution in [0.1, 0.15) is 10.4 Å². The van der Waals surface area contributed by atoms with Crippen molar-refractivity contribution in [1.82, 2.24) is 0 Å². The van der Waals surface area contributed by atoms with Gasteiger partial charge in [-0.3, -0.25) is 4.79 Å². The molecule has 0 unspecified atom stereocenters. The first-order valence-electron chi connectivity index (χ1n) is 5.59. The molecule has 2 aromatic rings. The first-order valence-corrected chi connectivity index (χ1v) is 7.48. The summed E-state index contributed by atoms with van der Waals surface area (Å²) < 4.78 is 23.5. The third-order valence-electron chi connectivity index (χ3n) is 2.75. The Balaban J connectivity index is 2.67. The molecule has 0 atom stereocenters. The summed E-state index contributed by atoms with van der Waals surface area (Å²) in [4.78, 5) is 11.2. The highest BCUT2D eigenvalue weighted by Crippen LogP contribution is 2.25. The van der Waals surface area contributed by atoms with Crippen molar-refractivity contribution in [3.05, 3.63) is 54.1 Å². The maximum Gasteiger partial charge on any atom is 0.250 e. The zero-order chi connectivity index (χ0) is 14.0. The lowest BCUT2D eigenvalue weighted by molar-refractivity contribution is 0.0997. The van der Waals surface area contributed by atoms with Crippen LogP contribution in [0.15, 0.2) is 53.4 Å². The van der Waals surface area contributed by atoms with E-state index in [0.29, 0.717) is 0 Å². The van der Waals surface area contributed by atoms with Gasteiger partial charge in [0, 0.05) is 6.26 Å². The van der Waals surface area contributed by atoms with Gasteiger partial charge in [-0.05, 0) is 23.3 Å². The Kier molecular flexibility index (Phi) is 3.40. The number of nitrogens with two attached hydrogens (primary N) is 1. The molecule has 2 rings (SSSR count). The van der Waals surface area contributed by atoms with Gasteiger partial charge < -0.3 is 5.73 Å². The van der Waals surface area contributed by atoms with Crippen LogP contribution < -0.4 is 5.73 Å². The largest absolute Gasteiger partial charge is 0.366 e. The molecule has 19 heavy (non-hydrogen) atoms. The molecule has 0 spiro atoms. The molecule has 0 heterocycles. The molecule has 4 nitrogen and oxygen atoms in total. The van der Waals surface area contributed by atoms with Crippen LogP contribution in [0.5, 0.6) is 0 Å². The van der Waals surface area contributed by atoms with Crippen LogP contribution in [0.4, 0.5) is 0 Å². The molecule has 0 saturated heterocycles. The van der Waals surface area contributed by atoms with Crippen molar-refractivity contribution in [2.45, 2.75) is 4.90 Å². The minimum absolute atomic E-state index is 0.0159. The van der Waals surface area contributed by atoms with Gasteiger partial charge in [-0.15, -0.1) is 0 Å². The zero-order valence-corrected chi connectivity index (χ0v) is 11.1. The third kappa shape index (κ3) is 2.82. The fraction of sp³-hybridized carbons (Fsp3) is 0.0714. The Labute approximate surface area is 111 Å². The Bertz CT molecular complexity index is 722. The molecular formula is C14H13NO3S. The molecule has 0 fully saturated rings. The highest BCUT2D eigenvalue weighted by Gasteiger charge is 2.17. The Morgan fingerprint density at radius 2 is 1.63 bits per heavy atom. The first-order chi connectivity index (χ1) is 8.89. The molecular weight excluding hydrogens is 262 g/mol. The topological polar surface area (TPSA) is 77.2 Å². The second-order valence-corrected chi connectivity index (χ2v) is 6.20. The van der Waals surface area contributed by atoms with E-state index in [-0.39, 0.29) is 10.5 Å². The van der Waals surface area contributed by atoms with Gasteiger partial charge in [0.1, 0.15) is 0 Å². The summed E-state index contributed by atoms with van der Waals surface area (Å²) in [6.45, 7) is 0. The van der Waals surface area contributed by atoms with Gasteiger partial charge in [0.2, 0.25) is 5.91 Å². The number of rotatable bonds is 3. The van der Waals surface area contributed by atoms with Gasteiger partial charge in [-0.1, -0.05) is 36.4 Å². The molecule has 0 aromatic heterocycles. The third-order valence-corrected chi connectivity index (χ3v) is 3.89. The van der Waals surface area contributed by atoms with E-state index in [1.54, 1.807) is 6.07 Å². The van der Waals surface area contributed by atoms with E-state index < -0.39 is 15.7 Å². The monoisotopic (exact) mass is 275 g/mol. The summed E-state index contributed by atoms with van der Waals surface area (Å²) in [7, 11) is -3.51. The Morgan fingerprint density at radius 3 is 2.16 bits per heavy atom. The minimum Gasteiger partial charge on any atom is -0.366 e. The fourth-order valence-electron chi connectivity index (χ4n) is 1.84. The molecule has 0 aliphatic heterocycles. The summed E-state index contributed by atoms with van der Waals surface area (Å²) >= 11 is 0. The lowest BCUT2D eigenvalue weighted by atomic mass is 10.0. The van der Waals surface area contributed by atoms with Crippen molar-refractivity contribution >= 4 is 15.7 Å². The van der Waals surface area contributed by atoms with Gasteiger partial charge in [-0.2, -0.15) is 0 Å². The average molecular weight is 275 g/mol. The fourth-order valence-corrected chi connectivity index (χ4v) is 2.75. The quantitative estimate of drug-likeness (QED) is 0.928. The van der Waals surface area contributed by atoms with E-state index in [1.165, 1.54) is 12.1 Å². The summed E-state index contributed by atoms with van der Waals surface area (Å²) in [5, 5.41) is 0. The predicted octanol–water partition coefficient (Wildman–Crippen LogP) is 1.86. The molecule has 2 N–H and O–H groups in total. The highest BCUT2D eigenvalue weighted by molar-refractivity contribution is 7.90. The van der Waals surface area contributed by atoms with Crippen LogP contribution in [0.2, 0.25) is 0 Å². The maximum atomic E-state index is 11.7. The van der Waals surface area contributed by atoms with Crippen LogP contribution in [-0.4, -0.2) is 20.6 Å². The van der Waals surface area contributed by atoms with E-state index in [1.807, 2.05) is 30.3 Å². The SMILES string of the molecule is CS(=O)(=O)c1cc(-c2ccccc2)ccc1C(N)=O. The molecule has 0 aliphatic carbocycles. The van der Waals surface area contributed by atoms with Crippen molar-refractivity contribution in [2.24, 2.45) is 5.73 Å². The molecule has 0 saturated carbocycles. The van der Waals surface area contributed by atoms with E-state index in [9.17, 15) is 13.2 Å². The molecule has 98 valence electrons. The lowest BCUT2D eigenvalue weighted by Crippen LogP contribution is -2.15. The molecule has 0 bridgehead atoms. The lowest BCUT2D eigenvalue weighted by Gasteiger charge is -2.08. The summed E-state index contributed by atoms with van der Waals surface area (Å²) in [5.41, 5.74) is 6.82. The average Bonchev–Trinajstić information content (AvgIpc) is 2.38. The van der Waals surface area contributed by atoms with Crippen LogP contribution in [0, 0.1) is 0 Å². The number of primary amides is 1. The summed E-state index contributed by atoms with van der Waals surface area (Å²) in [6.07, 6.45) is 1.06. The van der Waals surface area contributed by atoms with Gasteiger partial charge in [0.15, 0.2) is 9.84 Å². The van der Waals surface area contributed by atoms with Crippen LogP contribution >= 0.6 is 0 Å². The molecule has 0 radical (unpaired) electrons.